The number of nitrogens with two attached hydrogens (primary N) is 1. The van der Waals surface area contributed by atoms with Crippen molar-refractivity contribution in [1.82, 2.24) is 19.4 Å². The van der Waals surface area contributed by atoms with Crippen molar-refractivity contribution in [2.24, 2.45) is 0 Å². The number of nitrogens with zero attached hydrogens (tertiary/aromatic N) is 2. The molecule has 2 aromatic heterocycles. The molecule has 8 rings (SSSR count). The summed E-state index contributed by atoms with van der Waals surface area (Å²) in [5.74, 6) is 0. The number of nitrogens with one attached hydrogen (secondary N) is 5. The van der Waals surface area contributed by atoms with E-state index in [4.69, 9.17) is 31.5 Å². The first-order valence-electron chi connectivity index (χ1n) is 27.0. The van der Waals surface area contributed by atoms with Crippen LogP contribution in [0.15, 0.2) is 168 Å². The minimum Gasteiger partial charge on any atom is -0.449 e. The third kappa shape index (κ3) is 22.2. The van der Waals surface area contributed by atoms with Crippen molar-refractivity contribution >= 4 is 101 Å². The Labute approximate surface area is 520 Å². The smallest absolute Gasteiger partial charge is 0.411 e. The molecule has 3 amide bonds. The van der Waals surface area contributed by atoms with E-state index in [-0.39, 0.29) is 40.9 Å². The summed E-state index contributed by atoms with van der Waals surface area (Å²) in [7, 11) is -7.93. The molecule has 0 spiro atoms. The molecule has 2 heterocycles. The summed E-state index contributed by atoms with van der Waals surface area (Å²) in [5.41, 5.74) is 9.74. The lowest BCUT2D eigenvalue weighted by atomic mass is 10.1. The zero-order valence-corrected chi connectivity index (χ0v) is 53.5. The normalized spacial score (nSPS) is 11.5. The Morgan fingerprint density at radius 1 is 0.517 bits per heavy atom. The predicted octanol–water partition coefficient (Wildman–Crippen LogP) is 14.9. The molecule has 0 atom stereocenters. The lowest BCUT2D eigenvalue weighted by Gasteiger charge is -2.22. The number of aromatic nitrogens is 2. The molecule has 0 aliphatic heterocycles. The lowest BCUT2D eigenvalue weighted by Crippen LogP contribution is -2.40. The quantitative estimate of drug-likeness (QED) is 0.0281. The molecule has 6 aromatic carbocycles. The van der Waals surface area contributed by atoms with Crippen LogP contribution >= 0.6 is 34.3 Å². The zero-order valence-electron chi connectivity index (χ0n) is 49.5. The molecule has 7 N–H and O–H groups in total. The number of hydrogen-bond donors (Lipinski definition) is 6. The number of benzene rings is 6. The molecule has 460 valence electrons. The number of carbonyl (C=O) groups is 4. The minimum atomic E-state index is -4.00. The topological polar surface area (TPSA) is 285 Å². The van der Waals surface area contributed by atoms with E-state index in [1.165, 1.54) is 34.8 Å². The van der Waals surface area contributed by atoms with Crippen molar-refractivity contribution in [3.63, 3.8) is 0 Å². The second kappa shape index (κ2) is 30.4. The second-order valence-electron chi connectivity index (χ2n) is 21.7. The van der Waals surface area contributed by atoms with Gasteiger partial charge in [0.2, 0.25) is 20.0 Å². The van der Waals surface area contributed by atoms with Crippen LogP contribution in [0.4, 0.5) is 41.9 Å². The molecule has 25 heteroatoms. The summed E-state index contributed by atoms with van der Waals surface area (Å²) < 4.78 is 78.9. The van der Waals surface area contributed by atoms with Gasteiger partial charge in [-0.2, -0.15) is 0 Å². The highest BCUT2D eigenvalue weighted by molar-refractivity contribution is 7.90. The van der Waals surface area contributed by atoms with Crippen LogP contribution in [0.3, 0.4) is 0 Å². The fraction of sp³-hybridized carbons (Fsp3) is 0.258. The average Bonchev–Trinajstić information content (AvgIpc) is 1.96. The maximum Gasteiger partial charge on any atom is 0.411 e. The van der Waals surface area contributed by atoms with Crippen molar-refractivity contribution in [1.29, 1.82) is 0 Å². The molecule has 20 nitrogen and oxygen atoms in total. The van der Waals surface area contributed by atoms with Crippen LogP contribution in [-0.4, -0.2) is 73.8 Å². The number of sulfonamides is 2. The van der Waals surface area contributed by atoms with Gasteiger partial charge in [-0.1, -0.05) is 84.9 Å². The third-order valence-corrected chi connectivity index (χ3v) is 17.0. The molecule has 8 aromatic rings. The molecule has 0 radical (unpaired) electrons. The number of halogens is 1. The fourth-order valence-corrected chi connectivity index (χ4v) is 13.1. The monoisotopic (exact) mass is 1280 g/mol. The van der Waals surface area contributed by atoms with Crippen LogP contribution in [0.25, 0.3) is 42.0 Å². The molecule has 0 aliphatic rings. The number of carbonyl (C=O) groups excluding carboxylic acids is 4. The Balaban J connectivity index is 0.000000242. The van der Waals surface area contributed by atoms with Crippen LogP contribution in [0.1, 0.15) is 80.4 Å². The molecular weight excluding hydrogens is 1210 g/mol. The molecule has 0 bridgehead atoms. The van der Waals surface area contributed by atoms with Gasteiger partial charge in [-0.15, -0.1) is 22.7 Å². The standard InChI is InChI=1S/C31H34N4O6S2.C23H28N4O4S2.C8H7ClO2/c1-20(2)41-30(37)34-24-15-16-25(27(17-24)43(38,39)35-31(3,4)5)28-32-18-26(42-28)22-11-13-23(14-12-22)33-29(36)40-19-21-9-7-6-8-10-21;1-14(2)31-22(28)26-17-10-11-18(20(12-17)33(29,30)27-23(3,4)5)21-25-13-19(32-21)15-6-8-16(24)9-7-15;9-8(10)11-6-7-4-2-1-3-5-7/h6-18,20,35H,19H2,1-5H3,(H,33,36)(H,34,37);6-14,27H,24H2,1-5H3,(H,26,28);1-5H,6H2. The van der Waals surface area contributed by atoms with E-state index in [1.807, 2.05) is 84.9 Å². The average molecular weight is 1280 g/mol. The van der Waals surface area contributed by atoms with Crippen LogP contribution in [0.2, 0.25) is 0 Å². The summed E-state index contributed by atoms with van der Waals surface area (Å²) >= 11 is 7.65. The van der Waals surface area contributed by atoms with Crippen LogP contribution in [0.5, 0.6) is 0 Å². The van der Waals surface area contributed by atoms with Crippen molar-refractivity contribution in [3.8, 4) is 42.0 Å². The van der Waals surface area contributed by atoms with E-state index in [1.54, 1.807) is 130 Å². The molecule has 87 heavy (non-hydrogen) atoms. The van der Waals surface area contributed by atoms with Gasteiger partial charge in [0.15, 0.2) is 0 Å². The van der Waals surface area contributed by atoms with Gasteiger partial charge in [-0.05, 0) is 152 Å². The molecule has 0 unspecified atom stereocenters. The maximum atomic E-state index is 13.5. The Morgan fingerprint density at radius 2 is 0.885 bits per heavy atom. The Bertz CT molecular complexity index is 3850. The first-order valence-corrected chi connectivity index (χ1v) is 31.9. The Kier molecular flexibility index (Phi) is 23.7. The van der Waals surface area contributed by atoms with E-state index in [0.717, 1.165) is 32.0 Å². The largest absolute Gasteiger partial charge is 0.449 e. The van der Waals surface area contributed by atoms with Gasteiger partial charge >= 0.3 is 23.7 Å². The summed E-state index contributed by atoms with van der Waals surface area (Å²) in [6.07, 6.45) is 0.805. The lowest BCUT2D eigenvalue weighted by molar-refractivity contribution is 0.129. The minimum absolute atomic E-state index is 0.0120. The number of thiazole rings is 2. The summed E-state index contributed by atoms with van der Waals surface area (Å²) in [5, 5.41) is 8.89. The first kappa shape index (κ1) is 67.9. The number of anilines is 4. The second-order valence-corrected chi connectivity index (χ2v) is 27.4. The van der Waals surface area contributed by atoms with Crippen molar-refractivity contribution in [2.75, 3.05) is 21.7 Å². The van der Waals surface area contributed by atoms with Gasteiger partial charge in [-0.3, -0.25) is 16.0 Å². The highest BCUT2D eigenvalue weighted by atomic mass is 35.5. The van der Waals surface area contributed by atoms with Crippen LogP contribution < -0.4 is 31.1 Å². The third-order valence-electron chi connectivity index (χ3n) is 11.1. The Morgan fingerprint density at radius 3 is 1.26 bits per heavy atom. The molecule has 0 fully saturated rings. The van der Waals surface area contributed by atoms with E-state index < -0.39 is 54.8 Å². The van der Waals surface area contributed by atoms with E-state index in [2.05, 4.69) is 40.1 Å². The molecule has 0 saturated carbocycles. The van der Waals surface area contributed by atoms with Crippen molar-refractivity contribution in [2.45, 2.75) is 116 Å². The molecule has 0 saturated heterocycles. The number of rotatable bonds is 17. The zero-order chi connectivity index (χ0) is 63.7. The summed E-state index contributed by atoms with van der Waals surface area (Å²) in [4.78, 5) is 57.2. The highest BCUT2D eigenvalue weighted by Crippen LogP contribution is 2.39. The van der Waals surface area contributed by atoms with E-state index in [9.17, 15) is 36.0 Å². The van der Waals surface area contributed by atoms with Crippen LogP contribution in [0, 0.1) is 0 Å². The number of amides is 3. The van der Waals surface area contributed by atoms with Crippen LogP contribution in [-0.2, 0) is 52.2 Å². The van der Waals surface area contributed by atoms with Gasteiger partial charge in [-0.25, -0.2) is 55.4 Å². The number of hydrogen-bond acceptors (Lipinski definition) is 17. The Hall–Kier alpha value is -8.23. The van der Waals surface area contributed by atoms with E-state index in [0.29, 0.717) is 38.2 Å². The SMILES string of the molecule is CC(C)OC(=O)Nc1ccc(-c2ncc(-c3ccc(N)cc3)s2)c(S(=O)(=O)NC(C)(C)C)c1.CC(C)OC(=O)Nc1ccc(-c2ncc(-c3ccc(NC(=O)OCc4ccccc4)cc3)s2)c(S(=O)(=O)NC(C)(C)C)c1.O=C(Cl)OCc1ccccc1. The van der Waals surface area contributed by atoms with Gasteiger partial charge in [0.05, 0.1) is 31.8 Å². The van der Waals surface area contributed by atoms with Gasteiger partial charge in [0.1, 0.15) is 23.2 Å². The van der Waals surface area contributed by atoms with E-state index >= 15 is 0 Å². The molecule has 0 aliphatic carbocycles. The predicted molar refractivity (Wildman–Crippen MR) is 344 cm³/mol. The summed E-state index contributed by atoms with van der Waals surface area (Å²) in [6.45, 7) is 17.8. The molecular formula is C62H69ClN8O12S4. The number of ether oxygens (including phenoxy) is 4. The fourth-order valence-electron chi connectivity index (χ4n) is 7.66. The highest BCUT2D eigenvalue weighted by Gasteiger charge is 2.29. The van der Waals surface area contributed by atoms with Gasteiger partial charge < -0.3 is 24.7 Å². The van der Waals surface area contributed by atoms with Crippen molar-refractivity contribution < 1.29 is 55.0 Å². The maximum absolute atomic E-state index is 13.5. The summed E-state index contributed by atoms with van der Waals surface area (Å²) in [6, 6.07) is 42.6. The first-order chi connectivity index (χ1) is 40.9. The van der Waals surface area contributed by atoms with Crippen molar-refractivity contribution in [3.05, 3.63) is 169 Å². The van der Waals surface area contributed by atoms with Gasteiger partial charge in [0, 0.05) is 68.9 Å². The number of nitrogen functional groups attached to an aromatic ring is 1. The van der Waals surface area contributed by atoms with Gasteiger partial charge in [0.25, 0.3) is 0 Å².